The van der Waals surface area contributed by atoms with Crippen molar-refractivity contribution in [3.05, 3.63) is 33.9 Å². The smallest absolute Gasteiger partial charge is 0.276 e. The molecule has 1 fully saturated rings. The summed E-state index contributed by atoms with van der Waals surface area (Å²) in [5.41, 5.74) is 2.21. The molecule has 3 heterocycles. The monoisotopic (exact) mass is 322 g/mol. The Morgan fingerprint density at radius 2 is 2.32 bits per heavy atom. The van der Waals surface area contributed by atoms with E-state index in [2.05, 4.69) is 10.3 Å². The van der Waals surface area contributed by atoms with E-state index >= 15 is 0 Å². The van der Waals surface area contributed by atoms with Gasteiger partial charge < -0.3 is 9.42 Å². The van der Waals surface area contributed by atoms with Crippen molar-refractivity contribution in [2.45, 2.75) is 39.2 Å². The van der Waals surface area contributed by atoms with Crippen molar-refractivity contribution in [1.82, 2.24) is 19.8 Å². The van der Waals surface area contributed by atoms with Crippen molar-refractivity contribution in [2.75, 3.05) is 6.54 Å². The van der Waals surface area contributed by atoms with Gasteiger partial charge in [-0.05, 0) is 19.8 Å². The number of halogens is 1. The van der Waals surface area contributed by atoms with Crippen LogP contribution in [-0.2, 0) is 13.5 Å². The SMILES string of the molecule is CCc1onc(C)c1[C@@H]1CCCN1C(=O)c1nn(C)cc1Cl. The minimum atomic E-state index is -0.129. The number of nitrogens with zero attached hydrogens (tertiary/aromatic N) is 4. The van der Waals surface area contributed by atoms with Crippen molar-refractivity contribution in [2.24, 2.45) is 7.05 Å². The summed E-state index contributed by atoms with van der Waals surface area (Å²) in [6.45, 7) is 4.65. The third-order valence-corrected chi connectivity index (χ3v) is 4.41. The highest BCUT2D eigenvalue weighted by molar-refractivity contribution is 6.33. The van der Waals surface area contributed by atoms with Crippen LogP contribution in [-0.4, -0.2) is 32.3 Å². The van der Waals surface area contributed by atoms with Gasteiger partial charge in [0.15, 0.2) is 5.69 Å². The Labute approximate surface area is 134 Å². The zero-order valence-electron chi connectivity index (χ0n) is 13.0. The van der Waals surface area contributed by atoms with Gasteiger partial charge >= 0.3 is 0 Å². The quantitative estimate of drug-likeness (QED) is 0.871. The number of carbonyl (C=O) groups excluding carboxylic acids is 1. The van der Waals surface area contributed by atoms with Gasteiger partial charge in [0, 0.05) is 31.8 Å². The van der Waals surface area contributed by atoms with E-state index in [-0.39, 0.29) is 11.9 Å². The molecular formula is C15H19ClN4O2. The van der Waals surface area contributed by atoms with Crippen molar-refractivity contribution in [3.63, 3.8) is 0 Å². The van der Waals surface area contributed by atoms with Crippen molar-refractivity contribution in [3.8, 4) is 0 Å². The number of amides is 1. The van der Waals surface area contributed by atoms with Gasteiger partial charge in [0.05, 0.1) is 16.8 Å². The van der Waals surface area contributed by atoms with Crippen molar-refractivity contribution < 1.29 is 9.32 Å². The van der Waals surface area contributed by atoms with E-state index in [9.17, 15) is 4.79 Å². The Morgan fingerprint density at radius 1 is 1.55 bits per heavy atom. The first kappa shape index (κ1) is 15.1. The first-order valence-electron chi connectivity index (χ1n) is 7.48. The number of aryl methyl sites for hydroxylation is 3. The Balaban J connectivity index is 1.95. The zero-order chi connectivity index (χ0) is 15.9. The number of hydrogen-bond donors (Lipinski definition) is 0. The highest BCUT2D eigenvalue weighted by atomic mass is 35.5. The van der Waals surface area contributed by atoms with Gasteiger partial charge in [-0.3, -0.25) is 9.48 Å². The van der Waals surface area contributed by atoms with E-state index < -0.39 is 0 Å². The molecule has 1 aliphatic heterocycles. The topological polar surface area (TPSA) is 64.2 Å². The Morgan fingerprint density at radius 3 is 2.95 bits per heavy atom. The summed E-state index contributed by atoms with van der Waals surface area (Å²) in [6, 6.07) is -0.00762. The van der Waals surface area contributed by atoms with Crippen LogP contribution >= 0.6 is 11.6 Å². The van der Waals surface area contributed by atoms with Gasteiger partial charge in [-0.15, -0.1) is 0 Å². The van der Waals surface area contributed by atoms with Crippen LogP contribution in [0.4, 0.5) is 0 Å². The maximum absolute atomic E-state index is 12.8. The van der Waals surface area contributed by atoms with Crippen LogP contribution in [0.1, 0.15) is 53.3 Å². The molecule has 1 amide bonds. The van der Waals surface area contributed by atoms with E-state index in [1.807, 2.05) is 18.7 Å². The summed E-state index contributed by atoms with van der Waals surface area (Å²) in [7, 11) is 1.75. The summed E-state index contributed by atoms with van der Waals surface area (Å²) in [6.07, 6.45) is 4.26. The molecule has 1 aliphatic rings. The molecule has 0 unspecified atom stereocenters. The minimum Gasteiger partial charge on any atom is -0.361 e. The third kappa shape index (κ3) is 2.41. The summed E-state index contributed by atoms with van der Waals surface area (Å²) >= 11 is 6.12. The van der Waals surface area contributed by atoms with Crippen LogP contribution in [0.3, 0.4) is 0 Å². The lowest BCUT2D eigenvalue weighted by Crippen LogP contribution is -2.31. The van der Waals surface area contributed by atoms with Gasteiger partial charge in [-0.1, -0.05) is 23.7 Å². The first-order chi connectivity index (χ1) is 10.5. The Kier molecular flexibility index (Phi) is 3.95. The van der Waals surface area contributed by atoms with E-state index in [0.717, 1.165) is 36.3 Å². The lowest BCUT2D eigenvalue weighted by molar-refractivity contribution is 0.0728. The van der Waals surface area contributed by atoms with Crippen LogP contribution in [0.25, 0.3) is 0 Å². The van der Waals surface area contributed by atoms with Crippen LogP contribution in [0.2, 0.25) is 5.02 Å². The summed E-state index contributed by atoms with van der Waals surface area (Å²) in [5.74, 6) is 0.727. The first-order valence-corrected chi connectivity index (χ1v) is 7.85. The molecule has 1 atom stereocenters. The molecule has 7 heteroatoms. The second-order valence-electron chi connectivity index (χ2n) is 5.61. The molecule has 1 saturated heterocycles. The molecule has 0 aromatic carbocycles. The predicted molar refractivity (Wildman–Crippen MR) is 81.8 cm³/mol. The number of likely N-dealkylation sites (tertiary alicyclic amines) is 1. The highest BCUT2D eigenvalue weighted by Gasteiger charge is 2.36. The maximum Gasteiger partial charge on any atom is 0.276 e. The van der Waals surface area contributed by atoms with Gasteiger partial charge in [0.25, 0.3) is 5.91 Å². The number of rotatable bonds is 3. The van der Waals surface area contributed by atoms with E-state index in [1.165, 1.54) is 0 Å². The fourth-order valence-corrected chi connectivity index (χ4v) is 3.42. The maximum atomic E-state index is 12.8. The van der Waals surface area contributed by atoms with Crippen molar-refractivity contribution in [1.29, 1.82) is 0 Å². The highest BCUT2D eigenvalue weighted by Crippen LogP contribution is 2.37. The standard InChI is InChI=1S/C15H19ClN4O2/c1-4-12-13(9(2)18-22-12)11-6-5-7-20(11)15(21)14-10(16)8-19(3)17-14/h8,11H,4-7H2,1-3H3/t11-/m0/s1. The fraction of sp³-hybridized carbons (Fsp3) is 0.533. The number of hydrogen-bond acceptors (Lipinski definition) is 4. The molecular weight excluding hydrogens is 304 g/mol. The molecule has 22 heavy (non-hydrogen) atoms. The Hall–Kier alpha value is -1.82. The van der Waals surface area contributed by atoms with Crippen LogP contribution in [0.5, 0.6) is 0 Å². The molecule has 0 aliphatic carbocycles. The molecule has 6 nitrogen and oxygen atoms in total. The summed E-state index contributed by atoms with van der Waals surface area (Å²) in [4.78, 5) is 14.7. The predicted octanol–water partition coefficient (Wildman–Crippen LogP) is 2.91. The van der Waals surface area contributed by atoms with E-state index in [0.29, 0.717) is 17.3 Å². The zero-order valence-corrected chi connectivity index (χ0v) is 13.7. The number of carbonyl (C=O) groups is 1. The Bertz CT molecular complexity index is 706. The largest absolute Gasteiger partial charge is 0.361 e. The molecule has 2 aromatic rings. The van der Waals surface area contributed by atoms with Crippen LogP contribution in [0, 0.1) is 6.92 Å². The second kappa shape index (κ2) is 5.76. The molecule has 0 radical (unpaired) electrons. The van der Waals surface area contributed by atoms with Gasteiger partial charge in [-0.25, -0.2) is 0 Å². The van der Waals surface area contributed by atoms with E-state index in [1.54, 1.807) is 17.9 Å². The molecule has 0 spiro atoms. The molecule has 118 valence electrons. The molecule has 0 N–H and O–H groups in total. The van der Waals surface area contributed by atoms with Gasteiger partial charge in [0.2, 0.25) is 0 Å². The van der Waals surface area contributed by atoms with Crippen LogP contribution < -0.4 is 0 Å². The third-order valence-electron chi connectivity index (χ3n) is 4.14. The fourth-order valence-electron chi connectivity index (χ4n) is 3.16. The molecule has 0 bridgehead atoms. The molecule has 3 rings (SSSR count). The number of aromatic nitrogens is 3. The van der Waals surface area contributed by atoms with Crippen LogP contribution in [0.15, 0.2) is 10.7 Å². The van der Waals surface area contributed by atoms with Crippen molar-refractivity contribution >= 4 is 17.5 Å². The summed E-state index contributed by atoms with van der Waals surface area (Å²) < 4.78 is 6.94. The van der Waals surface area contributed by atoms with Gasteiger partial charge in [0.1, 0.15) is 5.76 Å². The minimum absolute atomic E-state index is 0.00762. The normalized spacial score (nSPS) is 18.2. The second-order valence-corrected chi connectivity index (χ2v) is 6.02. The average Bonchev–Trinajstić information content (AvgIpc) is 3.16. The van der Waals surface area contributed by atoms with Gasteiger partial charge in [-0.2, -0.15) is 5.10 Å². The summed E-state index contributed by atoms with van der Waals surface area (Å²) in [5, 5.41) is 8.64. The molecule has 2 aromatic heterocycles. The average molecular weight is 323 g/mol. The van der Waals surface area contributed by atoms with E-state index in [4.69, 9.17) is 16.1 Å². The molecule has 0 saturated carbocycles. The lowest BCUT2D eigenvalue weighted by Gasteiger charge is -2.24. The lowest BCUT2D eigenvalue weighted by atomic mass is 10.0.